The van der Waals surface area contributed by atoms with Gasteiger partial charge in [-0.25, -0.2) is 0 Å². The molecule has 3 N–H and O–H groups in total. The number of fused-ring (bicyclic) bond motifs is 2. The molecular weight excluding hydrogens is 328 g/mol. The number of rotatable bonds is 4. The predicted octanol–water partition coefficient (Wildman–Crippen LogP) is 0.501. The fourth-order valence-corrected chi connectivity index (χ4v) is 3.29. The van der Waals surface area contributed by atoms with Crippen LogP contribution in [-0.4, -0.2) is 41.7 Å². The average Bonchev–Trinajstić information content (AvgIpc) is 3.12. The first kappa shape index (κ1) is 17.0. The second kappa shape index (κ2) is 6.21. The van der Waals surface area contributed by atoms with Crippen molar-refractivity contribution in [2.45, 2.75) is 18.6 Å². The Bertz CT molecular complexity index is 744. The highest BCUT2D eigenvalue weighted by Crippen LogP contribution is 2.46. The molecule has 0 unspecified atom stereocenters. The van der Waals surface area contributed by atoms with Crippen molar-refractivity contribution < 1.29 is 29.0 Å². The van der Waals surface area contributed by atoms with Gasteiger partial charge in [0.1, 0.15) is 11.7 Å². The standard InChI is InChI=1S/C17H18N2O6/c1-17-8-7-11(25-17)12(16(22)23)13(17)15(21)19-18-14(20)9-3-5-10(24-2)6-4-9/h3-8,11-13H,1-2H3,(H,18,20)(H,19,21)(H,22,23)/t11-,12-,13+,17-/m1/s1. The van der Waals surface area contributed by atoms with Gasteiger partial charge in [-0.2, -0.15) is 0 Å². The molecule has 4 atom stereocenters. The number of aliphatic carboxylic acids is 1. The minimum absolute atomic E-state index is 0.325. The lowest BCUT2D eigenvalue weighted by molar-refractivity contribution is -0.147. The molecule has 2 heterocycles. The Morgan fingerprint density at radius 2 is 1.88 bits per heavy atom. The SMILES string of the molecule is COc1ccc(C(=O)NNC(=O)[C@@H]2[C@H](C(=O)O)[C@H]3C=C[C@@]2(C)O3)cc1. The third-order valence-corrected chi connectivity index (χ3v) is 4.56. The van der Waals surface area contributed by atoms with Crippen molar-refractivity contribution in [2.24, 2.45) is 11.8 Å². The van der Waals surface area contributed by atoms with Crippen molar-refractivity contribution in [1.82, 2.24) is 10.9 Å². The van der Waals surface area contributed by atoms with Crippen LogP contribution in [-0.2, 0) is 14.3 Å². The molecule has 2 aliphatic heterocycles. The number of methoxy groups -OCH3 is 1. The second-order valence-electron chi connectivity index (χ2n) is 6.14. The lowest BCUT2D eigenvalue weighted by Crippen LogP contribution is -2.52. The maximum Gasteiger partial charge on any atom is 0.310 e. The maximum absolute atomic E-state index is 12.5. The summed E-state index contributed by atoms with van der Waals surface area (Å²) in [6, 6.07) is 6.33. The molecule has 132 valence electrons. The molecule has 1 fully saturated rings. The van der Waals surface area contributed by atoms with Gasteiger partial charge in [-0.1, -0.05) is 12.2 Å². The number of amides is 2. The molecule has 1 aromatic carbocycles. The summed E-state index contributed by atoms with van der Waals surface area (Å²) < 4.78 is 10.6. The van der Waals surface area contributed by atoms with Crippen LogP contribution in [0.3, 0.4) is 0 Å². The van der Waals surface area contributed by atoms with Gasteiger partial charge in [0.15, 0.2) is 0 Å². The fourth-order valence-electron chi connectivity index (χ4n) is 3.29. The molecule has 1 saturated heterocycles. The molecule has 2 amide bonds. The summed E-state index contributed by atoms with van der Waals surface area (Å²) in [5, 5.41) is 9.38. The van der Waals surface area contributed by atoms with Gasteiger partial charge in [0.05, 0.1) is 24.7 Å². The number of benzene rings is 1. The lowest BCUT2D eigenvalue weighted by atomic mass is 9.76. The number of hydrogen-bond donors (Lipinski definition) is 3. The number of carboxylic acid groups (broad SMARTS) is 1. The highest BCUT2D eigenvalue weighted by atomic mass is 16.5. The number of hydrazine groups is 1. The summed E-state index contributed by atoms with van der Waals surface area (Å²) in [5.74, 6) is -3.57. The molecule has 1 aromatic rings. The smallest absolute Gasteiger partial charge is 0.310 e. The van der Waals surface area contributed by atoms with Crippen LogP contribution in [0.4, 0.5) is 0 Å². The van der Waals surface area contributed by atoms with Crippen LogP contribution < -0.4 is 15.6 Å². The molecule has 0 saturated carbocycles. The summed E-state index contributed by atoms with van der Waals surface area (Å²) in [6.45, 7) is 1.65. The number of carboxylic acids is 1. The summed E-state index contributed by atoms with van der Waals surface area (Å²) >= 11 is 0. The normalized spacial score (nSPS) is 29.3. The van der Waals surface area contributed by atoms with Crippen LogP contribution in [0.1, 0.15) is 17.3 Å². The van der Waals surface area contributed by atoms with Crippen LogP contribution in [0.2, 0.25) is 0 Å². The van der Waals surface area contributed by atoms with E-state index in [9.17, 15) is 19.5 Å². The van der Waals surface area contributed by atoms with Crippen molar-refractivity contribution in [3.05, 3.63) is 42.0 Å². The molecular formula is C17H18N2O6. The van der Waals surface area contributed by atoms with E-state index in [1.54, 1.807) is 43.3 Å². The first-order valence-corrected chi connectivity index (χ1v) is 7.70. The first-order valence-electron chi connectivity index (χ1n) is 7.70. The van der Waals surface area contributed by atoms with E-state index in [0.29, 0.717) is 11.3 Å². The fraction of sp³-hybridized carbons (Fsp3) is 0.353. The average molecular weight is 346 g/mol. The Morgan fingerprint density at radius 3 is 2.48 bits per heavy atom. The van der Waals surface area contributed by atoms with Crippen molar-refractivity contribution >= 4 is 17.8 Å². The number of ether oxygens (including phenoxy) is 2. The van der Waals surface area contributed by atoms with Crippen molar-refractivity contribution in [2.75, 3.05) is 7.11 Å². The van der Waals surface area contributed by atoms with E-state index in [0.717, 1.165) is 0 Å². The number of carbonyl (C=O) groups is 3. The Morgan fingerprint density at radius 1 is 1.20 bits per heavy atom. The minimum atomic E-state index is -1.11. The highest BCUT2D eigenvalue weighted by molar-refractivity contribution is 5.96. The summed E-state index contributed by atoms with van der Waals surface area (Å²) in [5.41, 5.74) is 3.92. The first-order chi connectivity index (χ1) is 11.9. The van der Waals surface area contributed by atoms with Crippen LogP contribution >= 0.6 is 0 Å². The van der Waals surface area contributed by atoms with E-state index in [4.69, 9.17) is 9.47 Å². The van der Waals surface area contributed by atoms with Crippen molar-refractivity contribution in [3.8, 4) is 5.75 Å². The molecule has 3 rings (SSSR count). The van der Waals surface area contributed by atoms with Gasteiger partial charge in [0.25, 0.3) is 5.91 Å². The van der Waals surface area contributed by atoms with Crippen molar-refractivity contribution in [1.29, 1.82) is 0 Å². The van der Waals surface area contributed by atoms with Crippen molar-refractivity contribution in [3.63, 3.8) is 0 Å². The monoisotopic (exact) mass is 346 g/mol. The summed E-state index contributed by atoms with van der Waals surface area (Å²) in [6.07, 6.45) is 2.70. The highest BCUT2D eigenvalue weighted by Gasteiger charge is 2.59. The topological polar surface area (TPSA) is 114 Å². The van der Waals surface area contributed by atoms with Gasteiger partial charge in [0.2, 0.25) is 5.91 Å². The minimum Gasteiger partial charge on any atom is -0.497 e. The van der Waals surface area contributed by atoms with Gasteiger partial charge in [-0.05, 0) is 31.2 Å². The third-order valence-electron chi connectivity index (χ3n) is 4.56. The number of nitrogens with one attached hydrogen (secondary N) is 2. The van der Waals surface area contributed by atoms with Crippen LogP contribution in [0.5, 0.6) is 5.75 Å². The third kappa shape index (κ3) is 2.96. The Balaban J connectivity index is 1.66. The van der Waals surface area contributed by atoms with Crippen LogP contribution in [0.25, 0.3) is 0 Å². The number of hydrogen-bond acceptors (Lipinski definition) is 5. The van der Waals surface area contributed by atoms with Crippen LogP contribution in [0, 0.1) is 11.8 Å². The Kier molecular flexibility index (Phi) is 4.22. The molecule has 8 heteroatoms. The molecule has 0 radical (unpaired) electrons. The molecule has 8 nitrogen and oxygen atoms in total. The number of carbonyl (C=O) groups excluding carboxylic acids is 2. The molecule has 0 aliphatic carbocycles. The Labute approximate surface area is 143 Å². The summed E-state index contributed by atoms with van der Waals surface area (Å²) in [7, 11) is 1.51. The largest absolute Gasteiger partial charge is 0.497 e. The molecule has 25 heavy (non-hydrogen) atoms. The van der Waals surface area contributed by atoms with Gasteiger partial charge in [0, 0.05) is 5.56 Å². The van der Waals surface area contributed by atoms with Gasteiger partial charge >= 0.3 is 5.97 Å². The zero-order valence-corrected chi connectivity index (χ0v) is 13.7. The van der Waals surface area contributed by atoms with E-state index in [1.165, 1.54) is 7.11 Å². The van der Waals surface area contributed by atoms with Gasteiger partial charge < -0.3 is 14.6 Å². The molecule has 2 aliphatic rings. The second-order valence-corrected chi connectivity index (χ2v) is 6.14. The quantitative estimate of drug-likeness (QED) is 0.540. The Hall–Kier alpha value is -2.87. The molecule has 2 bridgehead atoms. The van der Waals surface area contributed by atoms with E-state index in [1.807, 2.05) is 0 Å². The summed E-state index contributed by atoms with van der Waals surface area (Å²) in [4.78, 5) is 36.0. The van der Waals surface area contributed by atoms with Gasteiger partial charge in [-0.3, -0.25) is 25.2 Å². The van der Waals surface area contributed by atoms with E-state index in [2.05, 4.69) is 10.9 Å². The van der Waals surface area contributed by atoms with E-state index < -0.39 is 41.3 Å². The maximum atomic E-state index is 12.5. The lowest BCUT2D eigenvalue weighted by Gasteiger charge is -2.27. The predicted molar refractivity (Wildman–Crippen MR) is 85.6 cm³/mol. The molecule has 0 aromatic heterocycles. The molecule has 0 spiro atoms. The van der Waals surface area contributed by atoms with E-state index >= 15 is 0 Å². The van der Waals surface area contributed by atoms with E-state index in [-0.39, 0.29) is 0 Å². The van der Waals surface area contributed by atoms with Crippen LogP contribution in [0.15, 0.2) is 36.4 Å². The zero-order chi connectivity index (χ0) is 18.2. The zero-order valence-electron chi connectivity index (χ0n) is 13.7. The van der Waals surface area contributed by atoms with Gasteiger partial charge in [-0.15, -0.1) is 0 Å².